The van der Waals surface area contributed by atoms with E-state index in [1.165, 1.54) is 10.9 Å². The minimum Gasteiger partial charge on any atom is -0.307 e. The van der Waals surface area contributed by atoms with E-state index in [1.54, 1.807) is 12.4 Å². The van der Waals surface area contributed by atoms with E-state index < -0.39 is 0 Å². The van der Waals surface area contributed by atoms with Crippen LogP contribution in [0.1, 0.15) is 18.9 Å². The molecule has 0 radical (unpaired) electrons. The van der Waals surface area contributed by atoms with Gasteiger partial charge in [0, 0.05) is 18.1 Å². The second-order valence-electron chi connectivity index (χ2n) is 3.81. The fraction of sp³-hybridized carbons (Fsp3) is 0.231. The molecule has 2 rings (SSSR count). The molecule has 0 fully saturated rings. The van der Waals surface area contributed by atoms with Gasteiger partial charge in [-0.25, -0.2) is 9.78 Å². The van der Waals surface area contributed by atoms with Crippen LogP contribution in [0.4, 0.5) is 10.5 Å². The normalized spacial score (nSPS) is 10.2. The molecule has 0 aliphatic rings. The zero-order valence-electron chi connectivity index (χ0n) is 9.76. The Bertz CT molecular complexity index is 491. The first-order valence-electron chi connectivity index (χ1n) is 5.68. The van der Waals surface area contributed by atoms with E-state index in [2.05, 4.69) is 17.2 Å². The smallest absolute Gasteiger partial charge is 0.307 e. The predicted molar refractivity (Wildman–Crippen MR) is 67.1 cm³/mol. The average molecular weight is 229 g/mol. The standard InChI is InChI=1S/C13H15N3O/c1-2-5-11-6-3-4-7-12(11)15-13(17)16-9-8-14-10-16/h3-4,6-10H,2,5H2,1H3,(H,15,17). The van der Waals surface area contributed by atoms with Crippen molar-refractivity contribution in [3.8, 4) is 0 Å². The highest BCUT2D eigenvalue weighted by Crippen LogP contribution is 2.16. The Morgan fingerprint density at radius 3 is 2.94 bits per heavy atom. The van der Waals surface area contributed by atoms with Crippen LogP contribution in [-0.4, -0.2) is 15.6 Å². The fourth-order valence-corrected chi connectivity index (χ4v) is 1.69. The Labute approximate surface area is 100 Å². The van der Waals surface area contributed by atoms with Crippen molar-refractivity contribution in [1.29, 1.82) is 0 Å². The van der Waals surface area contributed by atoms with Gasteiger partial charge in [-0.2, -0.15) is 0 Å². The van der Waals surface area contributed by atoms with Gasteiger partial charge in [0.2, 0.25) is 0 Å². The van der Waals surface area contributed by atoms with E-state index in [1.807, 2.05) is 24.3 Å². The molecule has 0 aliphatic heterocycles. The number of anilines is 1. The number of nitrogens with one attached hydrogen (secondary N) is 1. The molecule has 0 bridgehead atoms. The number of carbonyl (C=O) groups excluding carboxylic acids is 1. The largest absolute Gasteiger partial charge is 0.331 e. The highest BCUT2D eigenvalue weighted by atomic mass is 16.2. The summed E-state index contributed by atoms with van der Waals surface area (Å²) in [5.41, 5.74) is 2.02. The summed E-state index contributed by atoms with van der Waals surface area (Å²) in [7, 11) is 0. The van der Waals surface area contributed by atoms with Crippen LogP contribution in [0.15, 0.2) is 43.0 Å². The SMILES string of the molecule is CCCc1ccccc1NC(=O)n1ccnc1. The van der Waals surface area contributed by atoms with E-state index in [-0.39, 0.29) is 6.03 Å². The maximum Gasteiger partial charge on any atom is 0.331 e. The number of para-hydroxylation sites is 1. The van der Waals surface area contributed by atoms with Gasteiger partial charge in [-0.05, 0) is 18.1 Å². The van der Waals surface area contributed by atoms with Crippen LogP contribution in [0, 0.1) is 0 Å². The molecular weight excluding hydrogens is 214 g/mol. The molecule has 0 saturated heterocycles. The molecule has 88 valence electrons. The summed E-state index contributed by atoms with van der Waals surface area (Å²) >= 11 is 0. The molecule has 0 atom stereocenters. The van der Waals surface area contributed by atoms with E-state index in [4.69, 9.17) is 0 Å². The lowest BCUT2D eigenvalue weighted by molar-refractivity contribution is 0.253. The predicted octanol–water partition coefficient (Wildman–Crippen LogP) is 2.92. The van der Waals surface area contributed by atoms with Crippen molar-refractivity contribution in [3.05, 3.63) is 48.5 Å². The van der Waals surface area contributed by atoms with Crippen LogP contribution < -0.4 is 5.32 Å². The summed E-state index contributed by atoms with van der Waals surface area (Å²) in [6.07, 6.45) is 6.70. The van der Waals surface area contributed by atoms with Gasteiger partial charge in [0.05, 0.1) is 0 Å². The van der Waals surface area contributed by atoms with Gasteiger partial charge in [-0.15, -0.1) is 0 Å². The van der Waals surface area contributed by atoms with E-state index in [9.17, 15) is 4.79 Å². The molecule has 17 heavy (non-hydrogen) atoms. The minimum absolute atomic E-state index is 0.189. The van der Waals surface area contributed by atoms with Crippen LogP contribution in [0.5, 0.6) is 0 Å². The third-order valence-corrected chi connectivity index (χ3v) is 2.52. The molecule has 1 heterocycles. The lowest BCUT2D eigenvalue weighted by Gasteiger charge is -2.10. The lowest BCUT2D eigenvalue weighted by atomic mass is 10.1. The summed E-state index contributed by atoms with van der Waals surface area (Å²) < 4.78 is 1.42. The monoisotopic (exact) mass is 229 g/mol. The number of carbonyl (C=O) groups is 1. The second kappa shape index (κ2) is 5.30. The van der Waals surface area contributed by atoms with Crippen LogP contribution in [0.25, 0.3) is 0 Å². The molecule has 0 spiro atoms. The zero-order valence-corrected chi connectivity index (χ0v) is 9.76. The van der Waals surface area contributed by atoms with Gasteiger partial charge >= 0.3 is 6.03 Å². The number of benzene rings is 1. The maximum absolute atomic E-state index is 11.8. The third kappa shape index (κ3) is 2.72. The van der Waals surface area contributed by atoms with E-state index >= 15 is 0 Å². The Balaban J connectivity index is 2.15. The van der Waals surface area contributed by atoms with Crippen LogP contribution >= 0.6 is 0 Å². The van der Waals surface area contributed by atoms with Gasteiger partial charge in [0.15, 0.2) is 0 Å². The second-order valence-corrected chi connectivity index (χ2v) is 3.81. The van der Waals surface area contributed by atoms with Gasteiger partial charge in [-0.3, -0.25) is 4.57 Å². The molecule has 0 unspecified atom stereocenters. The van der Waals surface area contributed by atoms with E-state index in [0.717, 1.165) is 24.1 Å². The quantitative estimate of drug-likeness (QED) is 0.879. The summed E-state index contributed by atoms with van der Waals surface area (Å²) in [6, 6.07) is 7.67. The van der Waals surface area contributed by atoms with Crippen molar-refractivity contribution in [2.75, 3.05) is 5.32 Å². The number of aryl methyl sites for hydroxylation is 1. The summed E-state index contributed by atoms with van der Waals surface area (Å²) in [4.78, 5) is 15.7. The number of nitrogens with zero attached hydrogens (tertiary/aromatic N) is 2. The number of hydrogen-bond donors (Lipinski definition) is 1. The van der Waals surface area contributed by atoms with Crippen LogP contribution in [-0.2, 0) is 6.42 Å². The first-order valence-corrected chi connectivity index (χ1v) is 5.68. The average Bonchev–Trinajstić information content (AvgIpc) is 2.85. The van der Waals surface area contributed by atoms with Crippen molar-refractivity contribution in [2.45, 2.75) is 19.8 Å². The minimum atomic E-state index is -0.189. The molecule has 2 aromatic rings. The Morgan fingerprint density at radius 2 is 2.24 bits per heavy atom. The first-order chi connectivity index (χ1) is 8.31. The fourth-order valence-electron chi connectivity index (χ4n) is 1.69. The molecule has 1 N–H and O–H groups in total. The molecule has 0 saturated carbocycles. The zero-order chi connectivity index (χ0) is 12.1. The summed E-state index contributed by atoms with van der Waals surface area (Å²) in [6.45, 7) is 2.12. The first kappa shape index (κ1) is 11.4. The number of amides is 1. The summed E-state index contributed by atoms with van der Waals surface area (Å²) in [5.74, 6) is 0. The lowest BCUT2D eigenvalue weighted by Crippen LogP contribution is -2.18. The van der Waals surface area contributed by atoms with E-state index in [0.29, 0.717) is 0 Å². The molecule has 1 aromatic carbocycles. The molecular formula is C13H15N3O. The number of imidazole rings is 1. The van der Waals surface area contributed by atoms with Crippen molar-refractivity contribution in [2.24, 2.45) is 0 Å². The van der Waals surface area contributed by atoms with Crippen molar-refractivity contribution < 1.29 is 4.79 Å². The van der Waals surface area contributed by atoms with Crippen molar-refractivity contribution in [1.82, 2.24) is 9.55 Å². The third-order valence-electron chi connectivity index (χ3n) is 2.52. The maximum atomic E-state index is 11.8. The topological polar surface area (TPSA) is 46.9 Å². The van der Waals surface area contributed by atoms with Crippen molar-refractivity contribution >= 4 is 11.7 Å². The molecule has 4 heteroatoms. The van der Waals surface area contributed by atoms with Crippen LogP contribution in [0.2, 0.25) is 0 Å². The van der Waals surface area contributed by atoms with Crippen LogP contribution in [0.3, 0.4) is 0 Å². The van der Waals surface area contributed by atoms with Crippen molar-refractivity contribution in [3.63, 3.8) is 0 Å². The number of hydrogen-bond acceptors (Lipinski definition) is 2. The molecule has 1 amide bonds. The highest BCUT2D eigenvalue weighted by molar-refractivity contribution is 5.91. The molecule has 1 aromatic heterocycles. The highest BCUT2D eigenvalue weighted by Gasteiger charge is 2.06. The Morgan fingerprint density at radius 1 is 1.41 bits per heavy atom. The molecule has 0 aliphatic carbocycles. The summed E-state index contributed by atoms with van der Waals surface area (Å²) in [5, 5.41) is 2.88. The number of rotatable bonds is 3. The van der Waals surface area contributed by atoms with Gasteiger partial charge < -0.3 is 5.32 Å². The number of aromatic nitrogens is 2. The molecule has 4 nitrogen and oxygen atoms in total. The van der Waals surface area contributed by atoms with Gasteiger partial charge in [0.25, 0.3) is 0 Å². The Hall–Kier alpha value is -2.10. The van der Waals surface area contributed by atoms with Gasteiger partial charge in [0.1, 0.15) is 6.33 Å². The Kier molecular flexibility index (Phi) is 3.55. The van der Waals surface area contributed by atoms with Gasteiger partial charge in [-0.1, -0.05) is 31.5 Å².